The van der Waals surface area contributed by atoms with Crippen LogP contribution in [0.2, 0.25) is 0 Å². The maximum absolute atomic E-state index is 12.2. The fourth-order valence-corrected chi connectivity index (χ4v) is 2.32. The number of nitrogens with zero attached hydrogens (tertiary/aromatic N) is 1. The SMILES string of the molecule is Cc1noc(C)c1CNC(=O)c1cc2cccc(N)c2[nH]1. The van der Waals surface area contributed by atoms with E-state index in [0.717, 1.165) is 22.2 Å². The van der Waals surface area contributed by atoms with Crippen LogP contribution in [0.5, 0.6) is 0 Å². The number of aromatic amines is 1. The normalized spacial score (nSPS) is 11.0. The Bertz CT molecular complexity index is 797. The van der Waals surface area contributed by atoms with Gasteiger partial charge in [-0.25, -0.2) is 0 Å². The Morgan fingerprint density at radius 3 is 2.90 bits per heavy atom. The number of nitrogens with one attached hydrogen (secondary N) is 2. The van der Waals surface area contributed by atoms with Crippen molar-refractivity contribution in [1.82, 2.24) is 15.5 Å². The highest BCUT2D eigenvalue weighted by molar-refractivity contribution is 6.00. The van der Waals surface area contributed by atoms with Gasteiger partial charge in [-0.2, -0.15) is 0 Å². The van der Waals surface area contributed by atoms with Crippen LogP contribution in [0.15, 0.2) is 28.8 Å². The number of benzene rings is 1. The number of amides is 1. The number of aromatic nitrogens is 2. The lowest BCUT2D eigenvalue weighted by molar-refractivity contribution is 0.0946. The van der Waals surface area contributed by atoms with Crippen LogP contribution in [-0.4, -0.2) is 16.0 Å². The quantitative estimate of drug-likeness (QED) is 0.643. The Morgan fingerprint density at radius 1 is 1.43 bits per heavy atom. The molecule has 0 saturated heterocycles. The highest BCUT2D eigenvalue weighted by Gasteiger charge is 2.13. The first-order valence-corrected chi connectivity index (χ1v) is 6.63. The maximum atomic E-state index is 12.2. The van der Waals surface area contributed by atoms with Crippen molar-refractivity contribution in [2.45, 2.75) is 20.4 Å². The molecule has 0 aliphatic carbocycles. The van der Waals surface area contributed by atoms with E-state index in [-0.39, 0.29) is 5.91 Å². The number of carbonyl (C=O) groups excluding carboxylic acids is 1. The van der Waals surface area contributed by atoms with Crippen molar-refractivity contribution in [2.75, 3.05) is 5.73 Å². The fourth-order valence-electron chi connectivity index (χ4n) is 2.32. The average molecular weight is 284 g/mol. The molecule has 6 nitrogen and oxygen atoms in total. The van der Waals surface area contributed by atoms with E-state index in [2.05, 4.69) is 15.5 Å². The number of rotatable bonds is 3. The summed E-state index contributed by atoms with van der Waals surface area (Å²) in [6.45, 7) is 4.05. The van der Waals surface area contributed by atoms with Gasteiger partial charge < -0.3 is 20.6 Å². The second-order valence-corrected chi connectivity index (χ2v) is 4.98. The monoisotopic (exact) mass is 284 g/mol. The number of aryl methyl sites for hydroxylation is 2. The summed E-state index contributed by atoms with van der Waals surface area (Å²) in [4.78, 5) is 15.3. The van der Waals surface area contributed by atoms with Crippen molar-refractivity contribution in [3.05, 3.63) is 47.0 Å². The predicted molar refractivity (Wildman–Crippen MR) is 79.9 cm³/mol. The number of hydrogen-bond acceptors (Lipinski definition) is 4. The molecule has 0 bridgehead atoms. The Kier molecular flexibility index (Phi) is 3.13. The smallest absolute Gasteiger partial charge is 0.268 e. The first kappa shape index (κ1) is 13.2. The number of para-hydroxylation sites is 1. The van der Waals surface area contributed by atoms with Gasteiger partial charge in [0.2, 0.25) is 0 Å². The second kappa shape index (κ2) is 4.97. The Morgan fingerprint density at radius 2 is 2.24 bits per heavy atom. The van der Waals surface area contributed by atoms with E-state index < -0.39 is 0 Å². The Balaban J connectivity index is 1.80. The lowest BCUT2D eigenvalue weighted by Gasteiger charge is -2.03. The van der Waals surface area contributed by atoms with Gasteiger partial charge >= 0.3 is 0 Å². The highest BCUT2D eigenvalue weighted by atomic mass is 16.5. The van der Waals surface area contributed by atoms with E-state index in [4.69, 9.17) is 10.3 Å². The molecule has 1 amide bonds. The minimum atomic E-state index is -0.189. The zero-order chi connectivity index (χ0) is 15.0. The molecular formula is C15H16N4O2. The van der Waals surface area contributed by atoms with E-state index in [1.165, 1.54) is 0 Å². The molecule has 0 fully saturated rings. The molecular weight excluding hydrogens is 268 g/mol. The molecule has 3 aromatic rings. The molecule has 6 heteroatoms. The van der Waals surface area contributed by atoms with Crippen molar-refractivity contribution < 1.29 is 9.32 Å². The molecule has 0 atom stereocenters. The summed E-state index contributed by atoms with van der Waals surface area (Å²) in [7, 11) is 0. The average Bonchev–Trinajstić information content (AvgIpc) is 3.02. The molecule has 0 saturated carbocycles. The number of anilines is 1. The summed E-state index contributed by atoms with van der Waals surface area (Å²) >= 11 is 0. The zero-order valence-electron chi connectivity index (χ0n) is 11.9. The maximum Gasteiger partial charge on any atom is 0.268 e. The van der Waals surface area contributed by atoms with Crippen LogP contribution in [0.4, 0.5) is 5.69 Å². The number of nitrogens with two attached hydrogens (primary N) is 1. The topological polar surface area (TPSA) is 96.9 Å². The van der Waals surface area contributed by atoms with Crippen LogP contribution < -0.4 is 11.1 Å². The van der Waals surface area contributed by atoms with E-state index in [0.29, 0.717) is 23.7 Å². The zero-order valence-corrected chi connectivity index (χ0v) is 11.9. The van der Waals surface area contributed by atoms with Crippen molar-refractivity contribution >= 4 is 22.5 Å². The Labute approximate surface area is 121 Å². The van der Waals surface area contributed by atoms with Gasteiger partial charge in [0.05, 0.1) is 16.9 Å². The number of H-pyrrole nitrogens is 1. The summed E-state index contributed by atoms with van der Waals surface area (Å²) in [5, 5.41) is 7.63. The molecule has 21 heavy (non-hydrogen) atoms. The first-order valence-electron chi connectivity index (χ1n) is 6.63. The minimum absolute atomic E-state index is 0.189. The van der Waals surface area contributed by atoms with Gasteiger partial charge in [0.25, 0.3) is 5.91 Å². The lowest BCUT2D eigenvalue weighted by atomic mass is 10.2. The summed E-state index contributed by atoms with van der Waals surface area (Å²) in [6.07, 6.45) is 0. The molecule has 0 aliphatic rings. The number of carbonyl (C=O) groups is 1. The lowest BCUT2D eigenvalue weighted by Crippen LogP contribution is -2.23. The van der Waals surface area contributed by atoms with Gasteiger partial charge in [-0.1, -0.05) is 17.3 Å². The molecule has 0 spiro atoms. The number of fused-ring (bicyclic) bond motifs is 1. The number of nitrogen functional groups attached to an aromatic ring is 1. The van der Waals surface area contributed by atoms with Gasteiger partial charge in [0.1, 0.15) is 11.5 Å². The molecule has 0 radical (unpaired) electrons. The molecule has 1 aromatic carbocycles. The van der Waals surface area contributed by atoms with E-state index >= 15 is 0 Å². The highest BCUT2D eigenvalue weighted by Crippen LogP contribution is 2.21. The fraction of sp³-hybridized carbons (Fsp3) is 0.200. The summed E-state index contributed by atoms with van der Waals surface area (Å²) in [5.41, 5.74) is 9.45. The van der Waals surface area contributed by atoms with Gasteiger partial charge in [-0.15, -0.1) is 0 Å². The van der Waals surface area contributed by atoms with Crippen molar-refractivity contribution in [2.24, 2.45) is 0 Å². The van der Waals surface area contributed by atoms with Crippen LogP contribution in [-0.2, 0) is 6.54 Å². The van der Waals surface area contributed by atoms with Gasteiger partial charge in [-0.3, -0.25) is 4.79 Å². The van der Waals surface area contributed by atoms with Crippen LogP contribution in [0, 0.1) is 13.8 Å². The van der Waals surface area contributed by atoms with Gasteiger partial charge in [-0.05, 0) is 26.0 Å². The molecule has 108 valence electrons. The predicted octanol–water partition coefficient (Wildman–Crippen LogP) is 2.28. The van der Waals surface area contributed by atoms with Gasteiger partial charge in [0.15, 0.2) is 0 Å². The van der Waals surface area contributed by atoms with Crippen LogP contribution in [0.3, 0.4) is 0 Å². The van der Waals surface area contributed by atoms with Crippen LogP contribution in [0.1, 0.15) is 27.5 Å². The third kappa shape index (κ3) is 2.35. The summed E-state index contributed by atoms with van der Waals surface area (Å²) < 4.78 is 5.07. The van der Waals surface area contributed by atoms with Crippen molar-refractivity contribution in [3.8, 4) is 0 Å². The molecule has 2 heterocycles. The Hall–Kier alpha value is -2.76. The van der Waals surface area contributed by atoms with Gasteiger partial charge in [0, 0.05) is 17.5 Å². The third-order valence-electron chi connectivity index (χ3n) is 3.54. The van der Waals surface area contributed by atoms with Crippen LogP contribution >= 0.6 is 0 Å². The molecule has 0 unspecified atom stereocenters. The molecule has 0 aliphatic heterocycles. The summed E-state index contributed by atoms with van der Waals surface area (Å²) in [6, 6.07) is 7.35. The van der Waals surface area contributed by atoms with E-state index in [1.54, 1.807) is 12.1 Å². The third-order valence-corrected chi connectivity index (χ3v) is 3.54. The standard InChI is InChI=1S/C15H16N4O2/c1-8-11(9(2)21-19-8)7-17-15(20)13-6-10-4-3-5-12(16)14(10)18-13/h3-6,18H,7,16H2,1-2H3,(H,17,20). The van der Waals surface area contributed by atoms with Crippen molar-refractivity contribution in [1.29, 1.82) is 0 Å². The van der Waals surface area contributed by atoms with E-state index in [1.807, 2.05) is 26.0 Å². The molecule has 4 N–H and O–H groups in total. The minimum Gasteiger partial charge on any atom is -0.397 e. The van der Waals surface area contributed by atoms with E-state index in [9.17, 15) is 4.79 Å². The second-order valence-electron chi connectivity index (χ2n) is 4.98. The number of hydrogen-bond donors (Lipinski definition) is 3. The first-order chi connectivity index (χ1) is 10.1. The molecule has 2 aromatic heterocycles. The summed E-state index contributed by atoms with van der Waals surface area (Å²) in [5.74, 6) is 0.527. The largest absolute Gasteiger partial charge is 0.397 e. The van der Waals surface area contributed by atoms with Crippen molar-refractivity contribution in [3.63, 3.8) is 0 Å². The molecule has 3 rings (SSSR count). The van der Waals surface area contributed by atoms with Crippen LogP contribution in [0.25, 0.3) is 10.9 Å².